The van der Waals surface area contributed by atoms with Crippen LogP contribution in [0, 0.1) is 0 Å². The molecule has 50 heavy (non-hydrogen) atoms. The van der Waals surface area contributed by atoms with Gasteiger partial charge in [-0.3, -0.25) is 14.1 Å². The summed E-state index contributed by atoms with van der Waals surface area (Å²) in [6.45, 7) is 3.70. The predicted molar refractivity (Wildman–Crippen MR) is 207 cm³/mol. The van der Waals surface area contributed by atoms with E-state index in [0.29, 0.717) is 6.42 Å². The molecule has 0 fully saturated rings. The number of hydrogen-bond acceptors (Lipinski definition) is 6. The highest BCUT2D eigenvalue weighted by atomic mass is 31.2. The molecule has 0 aromatic carbocycles. The summed E-state index contributed by atoms with van der Waals surface area (Å²) >= 11 is 0. The number of esters is 2. The van der Waals surface area contributed by atoms with Crippen molar-refractivity contribution in [3.63, 3.8) is 0 Å². The van der Waals surface area contributed by atoms with Gasteiger partial charge in [0.15, 0.2) is 6.10 Å². The maximum absolute atomic E-state index is 12.4. The fraction of sp³-hybridized carbons (Fsp3) is 0.902. The normalized spacial score (nSPS) is 12.5. The van der Waals surface area contributed by atoms with Gasteiger partial charge in [-0.15, -0.1) is 0 Å². The molecule has 0 radical (unpaired) electrons. The van der Waals surface area contributed by atoms with Crippen LogP contribution in [0.2, 0.25) is 0 Å². The summed E-state index contributed by atoms with van der Waals surface area (Å²) in [5, 5.41) is 0. The first-order valence-corrected chi connectivity index (χ1v) is 22.5. The standard InChI is InChI=1S/C41H79O8P/c1-3-5-7-9-11-13-15-17-18-19-20-21-22-24-26-28-30-32-34-36-41(43)49-39(38-48-50(44,45)46)37-47-40(42)35-33-31-29-27-25-23-16-14-12-10-8-6-4-2/h17-18,39H,3-16,19-38H2,1-2H3,(H2,44,45,46)/b18-17-/t39-/m1/s1. The molecule has 0 amide bonds. The minimum Gasteiger partial charge on any atom is -0.462 e. The molecule has 0 rings (SSSR count). The summed E-state index contributed by atoms with van der Waals surface area (Å²) in [6.07, 6.45) is 40.7. The van der Waals surface area contributed by atoms with Gasteiger partial charge in [0.1, 0.15) is 6.61 Å². The summed E-state index contributed by atoms with van der Waals surface area (Å²) in [6, 6.07) is 0. The summed E-state index contributed by atoms with van der Waals surface area (Å²) in [5.74, 6) is -0.876. The van der Waals surface area contributed by atoms with E-state index in [1.165, 1.54) is 148 Å². The lowest BCUT2D eigenvalue weighted by Gasteiger charge is -2.18. The summed E-state index contributed by atoms with van der Waals surface area (Å²) < 4.78 is 26.4. The maximum Gasteiger partial charge on any atom is 0.469 e. The molecule has 0 aromatic rings. The van der Waals surface area contributed by atoms with Gasteiger partial charge in [0.2, 0.25) is 0 Å². The van der Waals surface area contributed by atoms with Crippen molar-refractivity contribution in [2.45, 2.75) is 225 Å². The van der Waals surface area contributed by atoms with E-state index < -0.39 is 32.5 Å². The first-order chi connectivity index (χ1) is 24.3. The van der Waals surface area contributed by atoms with E-state index in [0.717, 1.165) is 38.5 Å². The van der Waals surface area contributed by atoms with Crippen LogP contribution in [0.1, 0.15) is 219 Å². The van der Waals surface area contributed by atoms with Gasteiger partial charge in [0.05, 0.1) is 6.61 Å². The van der Waals surface area contributed by atoms with Gasteiger partial charge in [0, 0.05) is 12.8 Å². The first kappa shape index (κ1) is 48.8. The number of carbonyl (C=O) groups is 2. The quantitative estimate of drug-likeness (QED) is 0.0278. The van der Waals surface area contributed by atoms with Crippen molar-refractivity contribution in [3.8, 4) is 0 Å². The van der Waals surface area contributed by atoms with Crippen molar-refractivity contribution in [1.82, 2.24) is 0 Å². The molecule has 9 heteroatoms. The smallest absolute Gasteiger partial charge is 0.462 e. The first-order valence-electron chi connectivity index (χ1n) is 21.0. The molecule has 1 atom stereocenters. The van der Waals surface area contributed by atoms with E-state index in [1.807, 2.05) is 0 Å². The molecule has 0 heterocycles. The third-order valence-electron chi connectivity index (χ3n) is 9.28. The van der Waals surface area contributed by atoms with E-state index >= 15 is 0 Å². The molecule has 0 bridgehead atoms. The fourth-order valence-electron chi connectivity index (χ4n) is 6.13. The molecule has 0 aliphatic rings. The van der Waals surface area contributed by atoms with E-state index in [1.54, 1.807) is 0 Å². The molecule has 8 nitrogen and oxygen atoms in total. The maximum atomic E-state index is 12.4. The molecule has 0 unspecified atom stereocenters. The van der Waals surface area contributed by atoms with Crippen LogP contribution in [0.15, 0.2) is 12.2 Å². The number of carbonyl (C=O) groups excluding carboxylic acids is 2. The Kier molecular flexibility index (Phi) is 36.6. The SMILES string of the molecule is CCCCCCCC/C=C\CCCCCCCCCCCC(=O)O[C@H](COC(=O)CCCCCCCCCCCCCCC)COP(=O)(O)O. The third kappa shape index (κ3) is 39.6. The van der Waals surface area contributed by atoms with Crippen LogP contribution in [0.3, 0.4) is 0 Å². The van der Waals surface area contributed by atoms with Gasteiger partial charge < -0.3 is 19.3 Å². The molecule has 296 valence electrons. The van der Waals surface area contributed by atoms with Crippen molar-refractivity contribution < 1.29 is 37.9 Å². The van der Waals surface area contributed by atoms with Crippen LogP contribution >= 0.6 is 7.82 Å². The highest BCUT2D eigenvalue weighted by Crippen LogP contribution is 2.36. The van der Waals surface area contributed by atoms with Crippen molar-refractivity contribution in [1.29, 1.82) is 0 Å². The highest BCUT2D eigenvalue weighted by Gasteiger charge is 2.22. The molecular weight excluding hydrogens is 651 g/mol. The van der Waals surface area contributed by atoms with Crippen LogP contribution in [0.4, 0.5) is 0 Å². The Balaban J connectivity index is 3.87. The van der Waals surface area contributed by atoms with Crippen LogP contribution in [0.25, 0.3) is 0 Å². The zero-order valence-electron chi connectivity index (χ0n) is 32.6. The van der Waals surface area contributed by atoms with Crippen LogP contribution < -0.4 is 0 Å². The Morgan fingerprint density at radius 2 is 0.840 bits per heavy atom. The van der Waals surface area contributed by atoms with Crippen LogP contribution in [-0.2, 0) is 28.2 Å². The topological polar surface area (TPSA) is 119 Å². The second-order valence-corrected chi connectivity index (χ2v) is 15.6. The molecule has 0 aliphatic carbocycles. The summed E-state index contributed by atoms with van der Waals surface area (Å²) in [7, 11) is -4.75. The van der Waals surface area contributed by atoms with Crippen LogP contribution in [-0.4, -0.2) is 41.0 Å². The predicted octanol–water partition coefficient (Wildman–Crippen LogP) is 12.6. The number of phosphoric ester groups is 1. The average Bonchev–Trinajstić information content (AvgIpc) is 3.08. The number of unbranched alkanes of at least 4 members (excludes halogenated alkanes) is 27. The minimum absolute atomic E-state index is 0.214. The number of ether oxygens (including phenoxy) is 2. The zero-order chi connectivity index (χ0) is 36.8. The van der Waals surface area contributed by atoms with Gasteiger partial charge in [-0.1, -0.05) is 180 Å². The average molecular weight is 731 g/mol. The van der Waals surface area contributed by atoms with Crippen LogP contribution in [0.5, 0.6) is 0 Å². The largest absolute Gasteiger partial charge is 0.469 e. The molecule has 0 saturated heterocycles. The number of hydrogen-bond donors (Lipinski definition) is 2. The lowest BCUT2D eigenvalue weighted by atomic mass is 10.0. The molecule has 0 saturated carbocycles. The second kappa shape index (κ2) is 37.5. The number of allylic oxidation sites excluding steroid dienone is 2. The Morgan fingerprint density at radius 3 is 1.22 bits per heavy atom. The van der Waals surface area contributed by atoms with E-state index in [-0.39, 0.29) is 19.4 Å². The fourth-order valence-corrected chi connectivity index (χ4v) is 6.49. The Labute approximate surface area is 307 Å². The third-order valence-corrected chi connectivity index (χ3v) is 9.77. The van der Waals surface area contributed by atoms with E-state index in [2.05, 4.69) is 30.5 Å². The van der Waals surface area contributed by atoms with Crippen molar-refractivity contribution >= 4 is 19.8 Å². The lowest BCUT2D eigenvalue weighted by molar-refractivity contribution is -0.161. The number of phosphoric acid groups is 1. The molecule has 2 N–H and O–H groups in total. The van der Waals surface area contributed by atoms with Gasteiger partial charge in [-0.25, -0.2) is 4.57 Å². The lowest BCUT2D eigenvalue weighted by Crippen LogP contribution is -2.29. The van der Waals surface area contributed by atoms with Gasteiger partial charge in [-0.2, -0.15) is 0 Å². The Bertz CT molecular complexity index is 827. The Hall–Kier alpha value is -1.21. The van der Waals surface area contributed by atoms with Gasteiger partial charge in [0.25, 0.3) is 0 Å². The zero-order valence-corrected chi connectivity index (χ0v) is 33.5. The Morgan fingerprint density at radius 1 is 0.500 bits per heavy atom. The van der Waals surface area contributed by atoms with Gasteiger partial charge in [-0.05, 0) is 38.5 Å². The highest BCUT2D eigenvalue weighted by molar-refractivity contribution is 7.46. The second-order valence-electron chi connectivity index (χ2n) is 14.3. The van der Waals surface area contributed by atoms with E-state index in [4.69, 9.17) is 19.3 Å². The van der Waals surface area contributed by atoms with Crippen molar-refractivity contribution in [2.24, 2.45) is 0 Å². The van der Waals surface area contributed by atoms with Crippen molar-refractivity contribution in [3.05, 3.63) is 12.2 Å². The molecule has 0 aliphatic heterocycles. The van der Waals surface area contributed by atoms with Crippen molar-refractivity contribution in [2.75, 3.05) is 13.2 Å². The summed E-state index contributed by atoms with van der Waals surface area (Å²) in [5.41, 5.74) is 0. The summed E-state index contributed by atoms with van der Waals surface area (Å²) in [4.78, 5) is 42.8. The van der Waals surface area contributed by atoms with Gasteiger partial charge >= 0.3 is 19.8 Å². The van der Waals surface area contributed by atoms with E-state index in [9.17, 15) is 14.2 Å². The molecule has 0 spiro atoms. The monoisotopic (exact) mass is 731 g/mol. The number of rotatable bonds is 39. The molecular formula is C41H79O8P. The minimum atomic E-state index is -4.75. The molecule has 0 aromatic heterocycles.